The number of nitrogens with two attached hydrogens (primary N) is 1. The quantitative estimate of drug-likeness (QED) is 0.596. The Morgan fingerprint density at radius 1 is 1.22 bits per heavy atom. The zero-order chi connectivity index (χ0) is 14.1. The van der Waals surface area contributed by atoms with Gasteiger partial charge in [-0.1, -0.05) is 19.8 Å². The van der Waals surface area contributed by atoms with E-state index in [1.165, 1.54) is 11.9 Å². The number of carbonyl (C=O) groups excluding carboxylic acids is 2. The first-order valence-corrected chi connectivity index (χ1v) is 6.16. The molecule has 6 heteroatoms. The Kier molecular flexibility index (Phi) is 7.74. The monoisotopic (exact) mass is 258 g/mol. The van der Waals surface area contributed by atoms with Crippen LogP contribution < -0.4 is 5.73 Å². The molecule has 1 atom stereocenters. The van der Waals surface area contributed by atoms with Gasteiger partial charge in [0.25, 0.3) is 0 Å². The summed E-state index contributed by atoms with van der Waals surface area (Å²) in [6.07, 6.45) is 3.05. The van der Waals surface area contributed by atoms with Gasteiger partial charge in [0.2, 0.25) is 11.8 Å². The van der Waals surface area contributed by atoms with Crippen LogP contribution in [0.1, 0.15) is 45.4 Å². The topological polar surface area (TPSA) is 101 Å². The molecule has 0 aromatic carbocycles. The highest BCUT2D eigenvalue weighted by Crippen LogP contribution is 2.09. The molecule has 0 bridgehead atoms. The number of hydrogen-bond donors (Lipinski definition) is 2. The molecule has 3 N–H and O–H groups in total. The molecule has 0 radical (unpaired) electrons. The van der Waals surface area contributed by atoms with Gasteiger partial charge in [0.1, 0.15) is 6.04 Å². The Balaban J connectivity index is 4.36. The van der Waals surface area contributed by atoms with Crippen molar-refractivity contribution in [3.8, 4) is 0 Å². The number of amides is 2. The van der Waals surface area contributed by atoms with Gasteiger partial charge in [-0.15, -0.1) is 0 Å². The van der Waals surface area contributed by atoms with E-state index in [4.69, 9.17) is 10.8 Å². The second-order valence-corrected chi connectivity index (χ2v) is 4.32. The fourth-order valence-corrected chi connectivity index (χ4v) is 1.64. The number of likely N-dealkylation sites (N-methyl/N-ethyl adjacent to an activating group) is 1. The molecule has 6 nitrogen and oxygen atoms in total. The molecule has 0 spiro atoms. The third-order valence-corrected chi connectivity index (χ3v) is 2.80. The zero-order valence-corrected chi connectivity index (χ0v) is 11.0. The van der Waals surface area contributed by atoms with Gasteiger partial charge < -0.3 is 15.7 Å². The first-order valence-electron chi connectivity index (χ1n) is 6.16. The Morgan fingerprint density at radius 2 is 1.83 bits per heavy atom. The van der Waals surface area contributed by atoms with Crippen LogP contribution in [0, 0.1) is 0 Å². The van der Waals surface area contributed by atoms with Gasteiger partial charge in [0.05, 0.1) is 0 Å². The fourth-order valence-electron chi connectivity index (χ4n) is 1.64. The zero-order valence-electron chi connectivity index (χ0n) is 11.0. The molecule has 2 amide bonds. The van der Waals surface area contributed by atoms with Crippen LogP contribution in [-0.2, 0) is 14.4 Å². The smallest absolute Gasteiger partial charge is 0.326 e. The number of nitrogens with zero attached hydrogens (tertiary/aromatic N) is 1. The summed E-state index contributed by atoms with van der Waals surface area (Å²) in [5, 5.41) is 9.03. The van der Waals surface area contributed by atoms with Crippen molar-refractivity contribution in [3.63, 3.8) is 0 Å². The maximum absolute atomic E-state index is 11.8. The van der Waals surface area contributed by atoms with E-state index < -0.39 is 17.9 Å². The van der Waals surface area contributed by atoms with Crippen LogP contribution in [0.15, 0.2) is 0 Å². The van der Waals surface area contributed by atoms with Crippen LogP contribution in [0.3, 0.4) is 0 Å². The van der Waals surface area contributed by atoms with E-state index in [9.17, 15) is 14.4 Å². The number of carboxylic acids is 1. The lowest BCUT2D eigenvalue weighted by atomic mass is 10.1. The van der Waals surface area contributed by atoms with Crippen LogP contribution in [0.2, 0.25) is 0 Å². The number of unbranched alkanes of at least 4 members (excludes halogenated alkanes) is 2. The first-order chi connectivity index (χ1) is 8.40. The van der Waals surface area contributed by atoms with E-state index in [1.807, 2.05) is 6.92 Å². The van der Waals surface area contributed by atoms with Crippen LogP contribution in [0.25, 0.3) is 0 Å². The maximum atomic E-state index is 11.8. The lowest BCUT2D eigenvalue weighted by Gasteiger charge is -2.24. The van der Waals surface area contributed by atoms with Gasteiger partial charge in [-0.05, 0) is 12.8 Å². The molecule has 1 unspecified atom stereocenters. The van der Waals surface area contributed by atoms with Crippen molar-refractivity contribution < 1.29 is 19.5 Å². The van der Waals surface area contributed by atoms with E-state index in [1.54, 1.807) is 0 Å². The predicted molar refractivity (Wildman–Crippen MR) is 66.8 cm³/mol. The molecule has 0 saturated heterocycles. The Bertz CT molecular complexity index is 304. The molecular weight excluding hydrogens is 236 g/mol. The number of carbonyl (C=O) groups is 3. The second-order valence-electron chi connectivity index (χ2n) is 4.32. The Morgan fingerprint density at radius 3 is 2.28 bits per heavy atom. The van der Waals surface area contributed by atoms with Crippen LogP contribution >= 0.6 is 0 Å². The largest absolute Gasteiger partial charge is 0.480 e. The third-order valence-electron chi connectivity index (χ3n) is 2.80. The average Bonchev–Trinajstić information content (AvgIpc) is 2.28. The molecule has 0 aliphatic carbocycles. The summed E-state index contributed by atoms with van der Waals surface area (Å²) in [6, 6.07) is -0.980. The number of rotatable bonds is 9. The number of aliphatic carboxylic acids is 1. The number of primary amides is 1. The molecule has 0 aromatic heterocycles. The van der Waals surface area contributed by atoms with Crippen LogP contribution in [-0.4, -0.2) is 40.9 Å². The summed E-state index contributed by atoms with van der Waals surface area (Å²) < 4.78 is 0. The van der Waals surface area contributed by atoms with Crippen molar-refractivity contribution in [1.29, 1.82) is 0 Å². The normalized spacial score (nSPS) is 11.9. The highest BCUT2D eigenvalue weighted by Gasteiger charge is 2.26. The summed E-state index contributed by atoms with van der Waals surface area (Å²) in [5.41, 5.74) is 4.98. The minimum Gasteiger partial charge on any atom is -0.480 e. The van der Waals surface area contributed by atoms with Crippen molar-refractivity contribution in [1.82, 2.24) is 4.90 Å². The first kappa shape index (κ1) is 16.4. The molecule has 0 fully saturated rings. The van der Waals surface area contributed by atoms with Crippen molar-refractivity contribution in [3.05, 3.63) is 0 Å². The molecular formula is C12H22N2O4. The molecule has 18 heavy (non-hydrogen) atoms. The average molecular weight is 258 g/mol. The van der Waals surface area contributed by atoms with E-state index >= 15 is 0 Å². The van der Waals surface area contributed by atoms with E-state index in [-0.39, 0.29) is 18.7 Å². The van der Waals surface area contributed by atoms with Crippen molar-refractivity contribution >= 4 is 17.8 Å². The standard InChI is InChI=1S/C12H22N2O4/c1-3-4-5-6-11(16)14(2)9(12(17)18)7-8-10(13)15/h9H,3-8H2,1-2H3,(H2,13,15)(H,17,18). The summed E-state index contributed by atoms with van der Waals surface area (Å²) in [7, 11) is 1.45. The summed E-state index contributed by atoms with van der Waals surface area (Å²) in [6.45, 7) is 2.03. The number of hydrogen-bond acceptors (Lipinski definition) is 3. The van der Waals surface area contributed by atoms with E-state index in [0.29, 0.717) is 6.42 Å². The Labute approximate surface area is 107 Å². The van der Waals surface area contributed by atoms with Crippen LogP contribution in [0.5, 0.6) is 0 Å². The third kappa shape index (κ3) is 6.22. The second kappa shape index (κ2) is 8.49. The minimum absolute atomic E-state index is 0.0381. The van der Waals surface area contributed by atoms with E-state index in [0.717, 1.165) is 19.3 Å². The maximum Gasteiger partial charge on any atom is 0.326 e. The van der Waals surface area contributed by atoms with Gasteiger partial charge >= 0.3 is 5.97 Å². The SMILES string of the molecule is CCCCCC(=O)N(C)C(CCC(N)=O)C(=O)O. The van der Waals surface area contributed by atoms with Gasteiger partial charge in [-0.25, -0.2) is 4.79 Å². The highest BCUT2D eigenvalue weighted by molar-refractivity contribution is 5.84. The molecule has 0 aliphatic rings. The summed E-state index contributed by atoms with van der Waals surface area (Å²) >= 11 is 0. The summed E-state index contributed by atoms with van der Waals surface area (Å²) in [4.78, 5) is 34.6. The molecule has 0 saturated carbocycles. The molecule has 0 heterocycles. The number of carboxylic acid groups (broad SMARTS) is 1. The summed E-state index contributed by atoms with van der Waals surface area (Å²) in [5.74, 6) is -1.88. The predicted octanol–water partition coefficient (Wildman–Crippen LogP) is 0.744. The van der Waals surface area contributed by atoms with Gasteiger partial charge in [-0.3, -0.25) is 9.59 Å². The molecule has 0 aromatic rings. The highest BCUT2D eigenvalue weighted by atomic mass is 16.4. The van der Waals surface area contributed by atoms with Crippen molar-refractivity contribution in [2.75, 3.05) is 7.05 Å². The van der Waals surface area contributed by atoms with Crippen molar-refractivity contribution in [2.24, 2.45) is 5.73 Å². The van der Waals surface area contributed by atoms with Crippen LogP contribution in [0.4, 0.5) is 0 Å². The fraction of sp³-hybridized carbons (Fsp3) is 0.750. The lowest BCUT2D eigenvalue weighted by Crippen LogP contribution is -2.42. The molecule has 0 rings (SSSR count). The van der Waals surface area contributed by atoms with Gasteiger partial charge in [0.15, 0.2) is 0 Å². The van der Waals surface area contributed by atoms with Gasteiger partial charge in [0, 0.05) is 19.9 Å². The molecule has 104 valence electrons. The van der Waals surface area contributed by atoms with Gasteiger partial charge in [-0.2, -0.15) is 0 Å². The molecule has 0 aliphatic heterocycles. The van der Waals surface area contributed by atoms with Crippen molar-refractivity contribution in [2.45, 2.75) is 51.5 Å². The van der Waals surface area contributed by atoms with E-state index in [2.05, 4.69) is 0 Å². The lowest BCUT2D eigenvalue weighted by molar-refractivity contribution is -0.149. The Hall–Kier alpha value is -1.59. The minimum atomic E-state index is -1.11.